The van der Waals surface area contributed by atoms with E-state index in [0.717, 1.165) is 24.3 Å². The largest absolute Gasteiger partial charge is 0.573 e. The van der Waals surface area contributed by atoms with Gasteiger partial charge in [-0.25, -0.2) is 13.4 Å². The van der Waals surface area contributed by atoms with Crippen molar-refractivity contribution in [3.8, 4) is 5.75 Å². The van der Waals surface area contributed by atoms with Crippen LogP contribution in [0.4, 0.5) is 19.0 Å². The molecule has 1 aromatic heterocycles. The number of sulfonamides is 1. The van der Waals surface area contributed by atoms with Crippen LogP contribution in [0.3, 0.4) is 0 Å². The number of rotatable bonds is 4. The molecule has 2 rings (SSSR count). The van der Waals surface area contributed by atoms with Crippen molar-refractivity contribution in [2.45, 2.75) is 11.3 Å². The third-order valence-electron chi connectivity index (χ3n) is 2.27. The number of nitrogens with zero attached hydrogens (tertiary/aromatic N) is 1. The maximum atomic E-state index is 12.0. The van der Waals surface area contributed by atoms with Crippen LogP contribution in [0.25, 0.3) is 0 Å². The van der Waals surface area contributed by atoms with Gasteiger partial charge in [-0.15, -0.1) is 13.2 Å². The lowest BCUT2D eigenvalue weighted by Gasteiger charge is -2.10. The number of alkyl halides is 3. The first-order valence-corrected chi connectivity index (χ1v) is 7.04. The number of benzene rings is 1. The van der Waals surface area contributed by atoms with Gasteiger partial charge >= 0.3 is 6.36 Å². The number of hydrogen-bond acceptors (Lipinski definition) is 4. The highest BCUT2D eigenvalue weighted by Crippen LogP contribution is 2.24. The van der Waals surface area contributed by atoms with Crippen molar-refractivity contribution in [3.63, 3.8) is 0 Å². The molecule has 0 spiro atoms. The molecule has 0 saturated carbocycles. The summed E-state index contributed by atoms with van der Waals surface area (Å²) in [6.07, 6.45) is -3.43. The van der Waals surface area contributed by atoms with Crippen molar-refractivity contribution in [2.75, 3.05) is 4.72 Å². The highest BCUT2D eigenvalue weighted by atomic mass is 32.2. The van der Waals surface area contributed by atoms with Crippen LogP contribution >= 0.6 is 0 Å². The van der Waals surface area contributed by atoms with E-state index in [4.69, 9.17) is 0 Å². The van der Waals surface area contributed by atoms with Crippen molar-refractivity contribution in [1.29, 1.82) is 0 Å². The third kappa shape index (κ3) is 4.35. The van der Waals surface area contributed by atoms with Crippen LogP contribution in [0.5, 0.6) is 5.75 Å². The van der Waals surface area contributed by atoms with Gasteiger partial charge in [0.1, 0.15) is 11.6 Å². The fraction of sp³-hybridized carbons (Fsp3) is 0.0833. The van der Waals surface area contributed by atoms with Crippen LogP contribution in [0.1, 0.15) is 0 Å². The zero-order valence-corrected chi connectivity index (χ0v) is 11.1. The fourth-order valence-electron chi connectivity index (χ4n) is 1.44. The van der Waals surface area contributed by atoms with Crippen LogP contribution in [0.2, 0.25) is 0 Å². The smallest absolute Gasteiger partial charge is 0.406 e. The summed E-state index contributed by atoms with van der Waals surface area (Å²) in [5.41, 5.74) is 0. The molecule has 0 unspecified atom stereocenters. The first-order valence-electron chi connectivity index (χ1n) is 5.56. The van der Waals surface area contributed by atoms with Crippen LogP contribution < -0.4 is 9.46 Å². The molecular weight excluding hydrogens is 309 g/mol. The molecule has 0 radical (unpaired) electrons. The number of anilines is 1. The number of nitrogens with one attached hydrogen (secondary N) is 1. The van der Waals surface area contributed by atoms with E-state index in [1.54, 1.807) is 12.1 Å². The monoisotopic (exact) mass is 318 g/mol. The Labute approximate surface area is 118 Å². The average Bonchev–Trinajstić information content (AvgIpc) is 2.38. The molecule has 2 aromatic rings. The molecule has 0 amide bonds. The molecule has 112 valence electrons. The van der Waals surface area contributed by atoms with Gasteiger partial charge in [0.2, 0.25) is 0 Å². The summed E-state index contributed by atoms with van der Waals surface area (Å²) in [7, 11) is -3.92. The normalized spacial score (nSPS) is 12.0. The maximum Gasteiger partial charge on any atom is 0.573 e. The molecule has 0 aliphatic heterocycles. The molecule has 0 aliphatic carbocycles. The average molecular weight is 318 g/mol. The minimum atomic E-state index is -4.83. The molecule has 0 bridgehead atoms. The van der Waals surface area contributed by atoms with E-state index < -0.39 is 22.1 Å². The Kier molecular flexibility index (Phi) is 4.03. The minimum absolute atomic E-state index is 0.105. The van der Waals surface area contributed by atoms with Crippen molar-refractivity contribution < 1.29 is 26.3 Å². The van der Waals surface area contributed by atoms with Crippen LogP contribution in [-0.2, 0) is 10.0 Å². The number of halogens is 3. The van der Waals surface area contributed by atoms with E-state index in [1.807, 2.05) is 0 Å². The zero-order chi connectivity index (χ0) is 15.5. The Morgan fingerprint density at radius 2 is 1.71 bits per heavy atom. The Hall–Kier alpha value is -2.29. The molecule has 0 saturated heterocycles. The van der Waals surface area contributed by atoms with Crippen LogP contribution in [-0.4, -0.2) is 19.8 Å². The highest BCUT2D eigenvalue weighted by Gasteiger charge is 2.31. The van der Waals surface area contributed by atoms with E-state index in [2.05, 4.69) is 14.4 Å². The number of ether oxygens (including phenoxy) is 1. The Morgan fingerprint density at radius 3 is 2.24 bits per heavy atom. The molecular formula is C12H9F3N2O3S. The predicted molar refractivity (Wildman–Crippen MR) is 68.2 cm³/mol. The third-order valence-corrected chi connectivity index (χ3v) is 3.64. The number of pyridine rings is 1. The van der Waals surface area contributed by atoms with Gasteiger partial charge in [0, 0.05) is 6.20 Å². The zero-order valence-electron chi connectivity index (χ0n) is 10.3. The van der Waals surface area contributed by atoms with Crippen molar-refractivity contribution in [1.82, 2.24) is 4.98 Å². The van der Waals surface area contributed by atoms with Crippen LogP contribution in [0, 0.1) is 0 Å². The number of aromatic nitrogens is 1. The summed E-state index contributed by atoms with van der Waals surface area (Å²) in [5, 5.41) is 0. The lowest BCUT2D eigenvalue weighted by Crippen LogP contribution is -2.17. The molecule has 0 aliphatic rings. The lowest BCUT2D eigenvalue weighted by atomic mass is 10.3. The summed E-state index contributed by atoms with van der Waals surface area (Å²) >= 11 is 0. The van der Waals surface area contributed by atoms with Gasteiger partial charge in [-0.1, -0.05) is 6.07 Å². The summed E-state index contributed by atoms with van der Waals surface area (Å²) < 4.78 is 65.8. The van der Waals surface area contributed by atoms with Crippen molar-refractivity contribution in [2.24, 2.45) is 0 Å². The molecule has 21 heavy (non-hydrogen) atoms. The summed E-state index contributed by atoms with van der Waals surface area (Å²) in [6, 6.07) is 8.49. The minimum Gasteiger partial charge on any atom is -0.406 e. The summed E-state index contributed by atoms with van der Waals surface area (Å²) in [4.78, 5) is 3.59. The molecule has 1 heterocycles. The molecule has 0 fully saturated rings. The second kappa shape index (κ2) is 5.60. The van der Waals surface area contributed by atoms with Gasteiger partial charge in [0.05, 0.1) is 4.90 Å². The quantitative estimate of drug-likeness (QED) is 0.941. The molecule has 9 heteroatoms. The second-order valence-electron chi connectivity index (χ2n) is 3.84. The first kappa shape index (κ1) is 15.1. The molecule has 0 atom stereocenters. The predicted octanol–water partition coefficient (Wildman–Crippen LogP) is 2.78. The summed E-state index contributed by atoms with van der Waals surface area (Å²) in [5.74, 6) is -0.396. The van der Waals surface area contributed by atoms with Crippen molar-refractivity contribution >= 4 is 15.8 Å². The SMILES string of the molecule is O=S(=O)(Nc1ccccn1)c1ccc(OC(F)(F)F)cc1. The summed E-state index contributed by atoms with van der Waals surface area (Å²) in [6.45, 7) is 0. The lowest BCUT2D eigenvalue weighted by molar-refractivity contribution is -0.274. The first-order chi connectivity index (χ1) is 9.76. The second-order valence-corrected chi connectivity index (χ2v) is 5.52. The Balaban J connectivity index is 2.18. The van der Waals surface area contributed by atoms with Gasteiger partial charge < -0.3 is 4.74 Å². The van der Waals surface area contributed by atoms with E-state index in [-0.39, 0.29) is 10.7 Å². The van der Waals surface area contributed by atoms with Gasteiger partial charge in [0.25, 0.3) is 10.0 Å². The van der Waals surface area contributed by atoms with Crippen molar-refractivity contribution in [3.05, 3.63) is 48.7 Å². The van der Waals surface area contributed by atoms with Crippen LogP contribution in [0.15, 0.2) is 53.6 Å². The number of hydrogen-bond donors (Lipinski definition) is 1. The maximum absolute atomic E-state index is 12.0. The van der Waals surface area contributed by atoms with E-state index >= 15 is 0 Å². The Bertz CT molecular complexity index is 701. The van der Waals surface area contributed by atoms with Gasteiger partial charge in [-0.2, -0.15) is 0 Å². The standard InChI is InChI=1S/C12H9F3N2O3S/c13-12(14,15)20-9-4-6-10(7-5-9)21(18,19)17-11-3-1-2-8-16-11/h1-8H,(H,16,17). The topological polar surface area (TPSA) is 68.3 Å². The van der Waals surface area contributed by atoms with Gasteiger partial charge in [-0.05, 0) is 36.4 Å². The van der Waals surface area contributed by atoms with E-state index in [1.165, 1.54) is 12.3 Å². The molecule has 1 aromatic carbocycles. The molecule has 5 nitrogen and oxygen atoms in total. The Morgan fingerprint density at radius 1 is 1.05 bits per heavy atom. The van der Waals surface area contributed by atoms with E-state index in [0.29, 0.717) is 0 Å². The molecule has 1 N–H and O–H groups in total. The highest BCUT2D eigenvalue weighted by molar-refractivity contribution is 7.92. The fourth-order valence-corrected chi connectivity index (χ4v) is 2.45. The van der Waals surface area contributed by atoms with E-state index in [9.17, 15) is 21.6 Å². The van der Waals surface area contributed by atoms with Gasteiger partial charge in [0.15, 0.2) is 0 Å². The van der Waals surface area contributed by atoms with Gasteiger partial charge in [-0.3, -0.25) is 4.72 Å².